The van der Waals surface area contributed by atoms with Crippen molar-refractivity contribution in [1.82, 2.24) is 10.2 Å². The summed E-state index contributed by atoms with van der Waals surface area (Å²) in [6, 6.07) is 14.9. The summed E-state index contributed by atoms with van der Waals surface area (Å²) in [7, 11) is 0. The van der Waals surface area contributed by atoms with E-state index in [0.29, 0.717) is 13.0 Å². The number of fused-ring (bicyclic) bond motifs is 3. The Morgan fingerprint density at radius 1 is 1.06 bits per heavy atom. The number of alkyl carbamates (subject to hydrolysis) is 1. The van der Waals surface area contributed by atoms with Crippen LogP contribution in [0, 0.1) is 11.8 Å². The first-order chi connectivity index (χ1) is 15.8. The normalized spacial score (nSPS) is 21.1. The summed E-state index contributed by atoms with van der Waals surface area (Å²) in [6.45, 7) is 5.89. The van der Waals surface area contributed by atoms with Gasteiger partial charge in [-0.15, -0.1) is 0 Å². The third-order valence-electron chi connectivity index (χ3n) is 7.06. The van der Waals surface area contributed by atoms with Crippen LogP contribution in [0.1, 0.15) is 44.2 Å². The van der Waals surface area contributed by atoms with E-state index in [1.807, 2.05) is 31.2 Å². The molecule has 2 aliphatic rings. The summed E-state index contributed by atoms with van der Waals surface area (Å²) in [4.78, 5) is 38.5. The molecule has 1 saturated heterocycles. The van der Waals surface area contributed by atoms with Crippen LogP contribution in [-0.4, -0.2) is 53.2 Å². The van der Waals surface area contributed by atoms with Gasteiger partial charge in [-0.2, -0.15) is 0 Å². The lowest BCUT2D eigenvalue weighted by molar-refractivity contribution is -0.151. The third kappa shape index (κ3) is 4.32. The number of carbonyl (C=O) groups is 3. The molecule has 7 nitrogen and oxygen atoms in total. The number of carboxylic acid groups (broad SMARTS) is 1. The van der Waals surface area contributed by atoms with E-state index in [1.54, 1.807) is 13.8 Å². The van der Waals surface area contributed by atoms with E-state index < -0.39 is 30.1 Å². The van der Waals surface area contributed by atoms with Crippen LogP contribution in [0.4, 0.5) is 4.79 Å². The second-order valence-electron chi connectivity index (χ2n) is 9.13. The summed E-state index contributed by atoms with van der Waals surface area (Å²) >= 11 is 0. The molecule has 2 aromatic rings. The summed E-state index contributed by atoms with van der Waals surface area (Å²) in [6.07, 6.45) is 0.0671. The summed E-state index contributed by atoms with van der Waals surface area (Å²) in [5, 5.41) is 12.3. The molecule has 0 spiro atoms. The van der Waals surface area contributed by atoms with E-state index in [1.165, 1.54) is 4.90 Å². The van der Waals surface area contributed by atoms with Crippen molar-refractivity contribution in [3.63, 3.8) is 0 Å². The SMILES string of the molecule is CC1CCN(C(=O)C(C)C(C)NC(=O)OCC2c3ccccc3-c3ccccc32)C1C(=O)O. The lowest BCUT2D eigenvalue weighted by Crippen LogP contribution is -2.49. The molecular weight excluding hydrogens is 420 g/mol. The fourth-order valence-electron chi connectivity index (χ4n) is 5.00. The van der Waals surface area contributed by atoms with Gasteiger partial charge in [0.2, 0.25) is 5.91 Å². The minimum absolute atomic E-state index is 0.0417. The van der Waals surface area contributed by atoms with Crippen LogP contribution >= 0.6 is 0 Å². The Balaban J connectivity index is 1.36. The first-order valence-electron chi connectivity index (χ1n) is 11.4. The van der Waals surface area contributed by atoms with E-state index in [-0.39, 0.29) is 24.3 Å². The number of nitrogens with one attached hydrogen (secondary N) is 1. The van der Waals surface area contributed by atoms with Crippen molar-refractivity contribution in [1.29, 1.82) is 0 Å². The smallest absolute Gasteiger partial charge is 0.407 e. The average Bonchev–Trinajstić information content (AvgIpc) is 3.34. The van der Waals surface area contributed by atoms with E-state index in [0.717, 1.165) is 22.3 Å². The topological polar surface area (TPSA) is 95.9 Å². The number of hydrogen-bond acceptors (Lipinski definition) is 4. The number of likely N-dealkylation sites (tertiary alicyclic amines) is 1. The number of ether oxygens (including phenoxy) is 1. The molecule has 174 valence electrons. The number of nitrogens with zero attached hydrogens (tertiary/aromatic N) is 1. The van der Waals surface area contributed by atoms with Gasteiger partial charge in [-0.3, -0.25) is 4.79 Å². The van der Waals surface area contributed by atoms with Gasteiger partial charge < -0.3 is 20.1 Å². The number of aliphatic carboxylic acids is 1. The molecule has 4 unspecified atom stereocenters. The minimum Gasteiger partial charge on any atom is -0.480 e. The highest BCUT2D eigenvalue weighted by molar-refractivity contribution is 5.86. The fourth-order valence-corrected chi connectivity index (χ4v) is 5.00. The van der Waals surface area contributed by atoms with E-state index in [9.17, 15) is 19.5 Å². The van der Waals surface area contributed by atoms with Crippen LogP contribution in [0.5, 0.6) is 0 Å². The number of hydrogen-bond donors (Lipinski definition) is 2. The fraction of sp³-hybridized carbons (Fsp3) is 0.423. The van der Waals surface area contributed by atoms with Crippen LogP contribution < -0.4 is 5.32 Å². The Morgan fingerprint density at radius 2 is 1.64 bits per heavy atom. The molecule has 1 heterocycles. The van der Waals surface area contributed by atoms with E-state index in [2.05, 4.69) is 29.6 Å². The van der Waals surface area contributed by atoms with Crippen LogP contribution in [0.25, 0.3) is 11.1 Å². The van der Waals surface area contributed by atoms with Gasteiger partial charge in [0.25, 0.3) is 0 Å². The number of rotatable bonds is 6. The van der Waals surface area contributed by atoms with Crippen LogP contribution in [0.15, 0.2) is 48.5 Å². The van der Waals surface area contributed by atoms with Crippen LogP contribution in [0.2, 0.25) is 0 Å². The molecule has 0 bridgehead atoms. The second kappa shape index (κ2) is 9.25. The van der Waals surface area contributed by atoms with Crippen molar-refractivity contribution in [3.8, 4) is 11.1 Å². The lowest BCUT2D eigenvalue weighted by Gasteiger charge is -2.29. The van der Waals surface area contributed by atoms with Gasteiger partial charge in [-0.1, -0.05) is 62.4 Å². The number of carbonyl (C=O) groups excluding carboxylic acids is 2. The van der Waals surface area contributed by atoms with Crippen molar-refractivity contribution < 1.29 is 24.2 Å². The summed E-state index contributed by atoms with van der Waals surface area (Å²) < 4.78 is 5.57. The molecular formula is C26H30N2O5. The standard InChI is InChI=1S/C26H30N2O5/c1-15-12-13-28(23(15)25(30)31)24(29)16(2)17(3)27-26(32)33-14-22-20-10-6-4-8-18(20)19-9-5-7-11-21(19)22/h4-11,15-17,22-23H,12-14H2,1-3H3,(H,27,32)(H,30,31). The predicted octanol–water partition coefficient (Wildman–Crippen LogP) is 3.87. The molecule has 7 heteroatoms. The van der Waals surface area contributed by atoms with E-state index in [4.69, 9.17) is 4.74 Å². The molecule has 1 fully saturated rings. The van der Waals surface area contributed by atoms with Gasteiger partial charge in [0.1, 0.15) is 12.6 Å². The number of carboxylic acids is 1. The van der Waals surface area contributed by atoms with Crippen molar-refractivity contribution >= 4 is 18.0 Å². The molecule has 0 radical (unpaired) electrons. The molecule has 33 heavy (non-hydrogen) atoms. The monoisotopic (exact) mass is 450 g/mol. The predicted molar refractivity (Wildman–Crippen MR) is 124 cm³/mol. The Morgan fingerprint density at radius 3 is 2.21 bits per heavy atom. The molecule has 2 aromatic carbocycles. The van der Waals surface area contributed by atoms with Gasteiger partial charge in [-0.05, 0) is 41.5 Å². The minimum atomic E-state index is -0.988. The van der Waals surface area contributed by atoms with Crippen molar-refractivity contribution in [2.75, 3.05) is 13.2 Å². The van der Waals surface area contributed by atoms with Gasteiger partial charge in [0.05, 0.1) is 5.92 Å². The average molecular weight is 451 g/mol. The Bertz CT molecular complexity index is 1020. The highest BCUT2D eigenvalue weighted by Gasteiger charge is 2.41. The van der Waals surface area contributed by atoms with Gasteiger partial charge >= 0.3 is 12.1 Å². The maximum absolute atomic E-state index is 12.9. The highest BCUT2D eigenvalue weighted by Crippen LogP contribution is 2.44. The lowest BCUT2D eigenvalue weighted by atomic mass is 9.98. The third-order valence-corrected chi connectivity index (χ3v) is 7.06. The quantitative estimate of drug-likeness (QED) is 0.697. The molecule has 2 amide bonds. The molecule has 1 aliphatic carbocycles. The molecule has 4 rings (SSSR count). The molecule has 0 aromatic heterocycles. The summed E-state index contributed by atoms with van der Waals surface area (Å²) in [5.41, 5.74) is 4.57. The maximum Gasteiger partial charge on any atom is 0.407 e. The number of benzene rings is 2. The largest absolute Gasteiger partial charge is 0.480 e. The van der Waals surface area contributed by atoms with Crippen LogP contribution in [-0.2, 0) is 14.3 Å². The first-order valence-corrected chi connectivity index (χ1v) is 11.4. The van der Waals surface area contributed by atoms with Crippen molar-refractivity contribution in [2.45, 2.75) is 45.2 Å². The molecule has 1 aliphatic heterocycles. The maximum atomic E-state index is 12.9. The van der Waals surface area contributed by atoms with Gasteiger partial charge in [0, 0.05) is 18.5 Å². The highest BCUT2D eigenvalue weighted by atomic mass is 16.5. The number of amides is 2. The zero-order valence-corrected chi connectivity index (χ0v) is 19.2. The van der Waals surface area contributed by atoms with Gasteiger partial charge in [-0.25, -0.2) is 9.59 Å². The van der Waals surface area contributed by atoms with Crippen molar-refractivity contribution in [2.24, 2.45) is 11.8 Å². The van der Waals surface area contributed by atoms with Crippen LogP contribution in [0.3, 0.4) is 0 Å². The van der Waals surface area contributed by atoms with Crippen molar-refractivity contribution in [3.05, 3.63) is 59.7 Å². The van der Waals surface area contributed by atoms with Gasteiger partial charge in [0.15, 0.2) is 0 Å². The molecule has 0 saturated carbocycles. The second-order valence-corrected chi connectivity index (χ2v) is 9.13. The Kier molecular flexibility index (Phi) is 6.40. The first kappa shape index (κ1) is 22.8. The zero-order chi connectivity index (χ0) is 23.7. The molecule has 2 N–H and O–H groups in total. The molecule has 4 atom stereocenters. The Labute approximate surface area is 193 Å². The Hall–Kier alpha value is -3.35. The summed E-state index contributed by atoms with van der Waals surface area (Å²) in [5.74, 6) is -1.96. The van der Waals surface area contributed by atoms with E-state index >= 15 is 0 Å². The zero-order valence-electron chi connectivity index (χ0n) is 19.2.